The number of carbonyl (C=O) groups is 1. The molecule has 0 spiro atoms. The van der Waals surface area contributed by atoms with E-state index in [0.717, 1.165) is 31.8 Å². The number of benzene rings is 1. The molecule has 140 valence electrons. The van der Waals surface area contributed by atoms with E-state index < -0.39 is 0 Å². The van der Waals surface area contributed by atoms with Crippen molar-refractivity contribution in [2.24, 2.45) is 0 Å². The Bertz CT molecular complexity index is 993. The maximum Gasteiger partial charge on any atom is 0.259 e. The molecule has 1 aliphatic rings. The Balaban J connectivity index is 1.40. The van der Waals surface area contributed by atoms with E-state index in [1.54, 1.807) is 18.3 Å². The van der Waals surface area contributed by atoms with Crippen LogP contribution in [0.3, 0.4) is 0 Å². The van der Waals surface area contributed by atoms with E-state index >= 15 is 0 Å². The molecule has 0 aliphatic carbocycles. The van der Waals surface area contributed by atoms with Crippen LogP contribution in [0.2, 0.25) is 0 Å². The zero-order chi connectivity index (χ0) is 18.8. The second-order valence-corrected chi connectivity index (χ2v) is 8.05. The number of rotatable bonds is 4. The molecule has 7 nitrogen and oxygen atoms in total. The molecule has 0 unspecified atom stereocenters. The van der Waals surface area contributed by atoms with Gasteiger partial charge in [-0.15, -0.1) is 0 Å². The van der Waals surface area contributed by atoms with Gasteiger partial charge in [0, 0.05) is 31.4 Å². The van der Waals surface area contributed by atoms with Gasteiger partial charge in [-0.25, -0.2) is 9.97 Å². The minimum absolute atomic E-state index is 0.0775. The van der Waals surface area contributed by atoms with Crippen LogP contribution in [-0.2, 0) is 4.79 Å². The molecule has 0 radical (unpaired) electrons. The number of carbonyl (C=O) groups excluding carboxylic acids is 1. The first kappa shape index (κ1) is 17.8. The molecule has 1 aromatic carbocycles. The number of thioether (sulfide) groups is 1. The maximum absolute atomic E-state index is 12.8. The van der Waals surface area contributed by atoms with Crippen LogP contribution in [0.5, 0.6) is 0 Å². The summed E-state index contributed by atoms with van der Waals surface area (Å²) in [6.07, 6.45) is 5.41. The van der Waals surface area contributed by atoms with Crippen molar-refractivity contribution in [3.8, 4) is 0 Å². The van der Waals surface area contributed by atoms with Gasteiger partial charge < -0.3 is 14.9 Å². The number of imidazole rings is 1. The number of fused-ring (bicyclic) bond motifs is 1. The summed E-state index contributed by atoms with van der Waals surface area (Å²) >= 11 is 1.30. The lowest BCUT2D eigenvalue weighted by molar-refractivity contribution is -0.131. The summed E-state index contributed by atoms with van der Waals surface area (Å²) < 4.78 is 0. The molecule has 1 saturated heterocycles. The highest BCUT2D eigenvalue weighted by Crippen LogP contribution is 2.28. The number of H-pyrrole nitrogens is 2. The third-order valence-corrected chi connectivity index (χ3v) is 5.91. The average molecular weight is 383 g/mol. The van der Waals surface area contributed by atoms with Crippen LogP contribution < -0.4 is 5.56 Å². The smallest absolute Gasteiger partial charge is 0.259 e. The molecule has 1 fully saturated rings. The van der Waals surface area contributed by atoms with Gasteiger partial charge >= 0.3 is 0 Å². The van der Waals surface area contributed by atoms with Crippen LogP contribution >= 0.6 is 11.8 Å². The number of aromatic nitrogens is 4. The lowest BCUT2D eigenvalue weighted by Gasteiger charge is -2.32. The molecule has 1 atom stereocenters. The SMILES string of the molecule is C[C@@H](Sc1nc2ccccc2c(=O)[nH]1)C(=O)N1CCC(c2ncc[nH]2)CC1. The van der Waals surface area contributed by atoms with Crippen molar-refractivity contribution < 1.29 is 4.79 Å². The Morgan fingerprint density at radius 1 is 1.30 bits per heavy atom. The fourth-order valence-electron chi connectivity index (χ4n) is 3.47. The molecular weight excluding hydrogens is 362 g/mol. The molecule has 3 heterocycles. The number of piperidine rings is 1. The summed E-state index contributed by atoms with van der Waals surface area (Å²) in [7, 11) is 0. The Morgan fingerprint density at radius 2 is 2.07 bits per heavy atom. The van der Waals surface area contributed by atoms with Crippen molar-refractivity contribution in [1.29, 1.82) is 0 Å². The number of amides is 1. The zero-order valence-electron chi connectivity index (χ0n) is 15.0. The van der Waals surface area contributed by atoms with Gasteiger partial charge in [-0.2, -0.15) is 0 Å². The highest BCUT2D eigenvalue weighted by Gasteiger charge is 2.28. The van der Waals surface area contributed by atoms with Crippen molar-refractivity contribution in [2.75, 3.05) is 13.1 Å². The Morgan fingerprint density at radius 3 is 2.81 bits per heavy atom. The highest BCUT2D eigenvalue weighted by molar-refractivity contribution is 8.00. The van der Waals surface area contributed by atoms with Crippen molar-refractivity contribution in [3.05, 3.63) is 52.8 Å². The van der Waals surface area contributed by atoms with E-state index in [1.807, 2.05) is 30.2 Å². The van der Waals surface area contributed by atoms with Gasteiger partial charge in [-0.1, -0.05) is 23.9 Å². The van der Waals surface area contributed by atoms with Gasteiger partial charge in [0.1, 0.15) is 5.82 Å². The molecule has 0 saturated carbocycles. The molecule has 2 N–H and O–H groups in total. The number of aromatic amines is 2. The van der Waals surface area contributed by atoms with Crippen molar-refractivity contribution in [1.82, 2.24) is 24.8 Å². The Kier molecular flexibility index (Phi) is 4.98. The topological polar surface area (TPSA) is 94.7 Å². The number of hydrogen-bond donors (Lipinski definition) is 2. The summed E-state index contributed by atoms with van der Waals surface area (Å²) in [5.74, 6) is 1.46. The molecule has 1 aliphatic heterocycles. The Labute approximate surface area is 160 Å². The van der Waals surface area contributed by atoms with Gasteiger partial charge in [0.05, 0.1) is 16.2 Å². The largest absolute Gasteiger partial charge is 0.348 e. The summed E-state index contributed by atoms with van der Waals surface area (Å²) in [5.41, 5.74) is 0.463. The predicted molar refractivity (Wildman–Crippen MR) is 105 cm³/mol. The van der Waals surface area contributed by atoms with Crippen LogP contribution in [0.4, 0.5) is 0 Å². The maximum atomic E-state index is 12.8. The minimum Gasteiger partial charge on any atom is -0.348 e. The fourth-order valence-corrected chi connectivity index (χ4v) is 4.36. The average Bonchev–Trinajstić information content (AvgIpc) is 3.22. The molecule has 2 aromatic heterocycles. The first-order valence-corrected chi connectivity index (χ1v) is 9.93. The molecule has 0 bridgehead atoms. The molecule has 8 heteroatoms. The summed E-state index contributed by atoms with van der Waals surface area (Å²) in [4.78, 5) is 41.6. The number of hydrogen-bond acceptors (Lipinski definition) is 5. The third-order valence-electron chi connectivity index (χ3n) is 4.94. The number of para-hydroxylation sites is 1. The lowest BCUT2D eigenvalue weighted by atomic mass is 9.96. The van der Waals surface area contributed by atoms with Crippen molar-refractivity contribution >= 4 is 28.6 Å². The van der Waals surface area contributed by atoms with Gasteiger partial charge in [0.25, 0.3) is 5.56 Å². The van der Waals surface area contributed by atoms with Gasteiger partial charge in [-0.05, 0) is 31.9 Å². The van der Waals surface area contributed by atoms with Crippen LogP contribution in [0, 0.1) is 0 Å². The standard InChI is InChI=1S/C19H21N5O2S/c1-12(27-19-22-15-5-3-2-4-14(15)17(25)23-19)18(26)24-10-6-13(7-11-24)16-20-8-9-21-16/h2-5,8-9,12-13H,6-7,10-11H2,1H3,(H,20,21)(H,22,23,25)/t12-/m1/s1. The molecule has 4 rings (SSSR count). The van der Waals surface area contributed by atoms with E-state index in [2.05, 4.69) is 19.9 Å². The quantitative estimate of drug-likeness (QED) is 0.533. The van der Waals surface area contributed by atoms with E-state index in [0.29, 0.717) is 22.0 Å². The van der Waals surface area contributed by atoms with Gasteiger partial charge in [-0.3, -0.25) is 9.59 Å². The Hall–Kier alpha value is -2.61. The normalized spacial score (nSPS) is 16.6. The lowest BCUT2D eigenvalue weighted by Crippen LogP contribution is -2.42. The molecule has 3 aromatic rings. The highest BCUT2D eigenvalue weighted by atomic mass is 32.2. The first-order valence-electron chi connectivity index (χ1n) is 9.05. The van der Waals surface area contributed by atoms with E-state index in [-0.39, 0.29) is 16.7 Å². The summed E-state index contributed by atoms with van der Waals surface area (Å²) in [5, 5.41) is 0.723. The van der Waals surface area contributed by atoms with Crippen LogP contribution in [0.15, 0.2) is 46.6 Å². The van der Waals surface area contributed by atoms with E-state index in [1.165, 1.54) is 11.8 Å². The van der Waals surface area contributed by atoms with Crippen molar-refractivity contribution in [2.45, 2.75) is 36.1 Å². The fraction of sp³-hybridized carbons (Fsp3) is 0.368. The number of nitrogens with zero attached hydrogens (tertiary/aromatic N) is 3. The third kappa shape index (κ3) is 3.75. The first-order chi connectivity index (χ1) is 13.1. The molecular formula is C19H21N5O2S. The summed E-state index contributed by atoms with van der Waals surface area (Å²) in [6, 6.07) is 7.21. The van der Waals surface area contributed by atoms with Crippen LogP contribution in [-0.4, -0.2) is 49.1 Å². The van der Waals surface area contributed by atoms with Crippen molar-refractivity contribution in [3.63, 3.8) is 0 Å². The zero-order valence-corrected chi connectivity index (χ0v) is 15.8. The monoisotopic (exact) mass is 383 g/mol. The number of nitrogens with one attached hydrogen (secondary N) is 2. The molecule has 1 amide bonds. The predicted octanol–water partition coefficient (Wildman–Crippen LogP) is 2.53. The van der Waals surface area contributed by atoms with Gasteiger partial charge in [0.2, 0.25) is 5.91 Å². The number of likely N-dealkylation sites (tertiary alicyclic amines) is 1. The van der Waals surface area contributed by atoms with Crippen LogP contribution in [0.1, 0.15) is 31.5 Å². The van der Waals surface area contributed by atoms with Crippen LogP contribution in [0.25, 0.3) is 10.9 Å². The van der Waals surface area contributed by atoms with E-state index in [9.17, 15) is 9.59 Å². The second kappa shape index (κ2) is 7.56. The summed E-state index contributed by atoms with van der Waals surface area (Å²) in [6.45, 7) is 3.30. The van der Waals surface area contributed by atoms with E-state index in [4.69, 9.17) is 0 Å². The second-order valence-electron chi connectivity index (χ2n) is 6.72. The van der Waals surface area contributed by atoms with Gasteiger partial charge in [0.15, 0.2) is 5.16 Å². The minimum atomic E-state index is -0.311. The molecule has 27 heavy (non-hydrogen) atoms.